The van der Waals surface area contributed by atoms with Crippen molar-refractivity contribution < 1.29 is 18.4 Å². The van der Waals surface area contributed by atoms with Gasteiger partial charge in [0.05, 0.1) is 18.3 Å². The predicted molar refractivity (Wildman–Crippen MR) is 172 cm³/mol. The summed E-state index contributed by atoms with van der Waals surface area (Å²) in [5, 5.41) is 2.25. The summed E-state index contributed by atoms with van der Waals surface area (Å²) in [6.07, 6.45) is 2.73. The van der Waals surface area contributed by atoms with Crippen LogP contribution in [0.1, 0.15) is 39.3 Å². The van der Waals surface area contributed by atoms with E-state index in [-0.39, 0.29) is 23.8 Å². The van der Waals surface area contributed by atoms with Crippen molar-refractivity contribution in [3.05, 3.63) is 109 Å². The smallest absolute Gasteiger partial charge is 0.414 e. The van der Waals surface area contributed by atoms with Crippen LogP contribution in [-0.2, 0) is 13.6 Å². The second kappa shape index (κ2) is 12.6. The van der Waals surface area contributed by atoms with Crippen molar-refractivity contribution in [2.75, 3.05) is 6.61 Å². The maximum absolute atomic E-state index is 12.8. The number of rotatable bonds is 10. The van der Waals surface area contributed by atoms with Crippen LogP contribution in [0.5, 0.6) is 0 Å². The van der Waals surface area contributed by atoms with Crippen molar-refractivity contribution in [2.45, 2.75) is 64.5 Å². The quantitative estimate of drug-likeness (QED) is 0.148. The van der Waals surface area contributed by atoms with Crippen LogP contribution in [0.4, 0.5) is 4.79 Å². The Morgan fingerprint density at radius 1 is 0.927 bits per heavy atom. The Labute approximate surface area is 246 Å². The van der Waals surface area contributed by atoms with Gasteiger partial charge in [-0.2, -0.15) is 0 Å². The van der Waals surface area contributed by atoms with Gasteiger partial charge in [-0.25, -0.2) is 9.79 Å². The molecule has 0 radical (unpaired) electrons. The number of benzene rings is 3. The molecule has 1 saturated heterocycles. The van der Waals surface area contributed by atoms with Crippen molar-refractivity contribution in [3.8, 4) is 0 Å². The van der Waals surface area contributed by atoms with E-state index in [0.717, 1.165) is 5.56 Å². The molecule has 2 atom stereocenters. The van der Waals surface area contributed by atoms with Gasteiger partial charge in [0.25, 0.3) is 8.32 Å². The van der Waals surface area contributed by atoms with Gasteiger partial charge in [-0.3, -0.25) is 4.90 Å². The molecule has 6 nitrogen and oxygen atoms in total. The maximum Gasteiger partial charge on any atom is 0.414 e. The third-order valence-corrected chi connectivity index (χ3v) is 12.9. The second-order valence-corrected chi connectivity index (χ2v) is 21.0. The number of ether oxygens (including phenoxy) is 1. The summed E-state index contributed by atoms with van der Waals surface area (Å²) < 4.78 is 18.9. The van der Waals surface area contributed by atoms with Gasteiger partial charge in [0.1, 0.15) is 6.61 Å². The molecular formula is C33H42N2O4Si2. The van der Waals surface area contributed by atoms with E-state index in [1.165, 1.54) is 10.4 Å². The average molecular weight is 587 g/mol. The van der Waals surface area contributed by atoms with E-state index < -0.39 is 22.7 Å². The van der Waals surface area contributed by atoms with Gasteiger partial charge in [-0.15, -0.1) is 0 Å². The van der Waals surface area contributed by atoms with E-state index in [0.29, 0.717) is 5.88 Å². The molecule has 1 aliphatic heterocycles. The number of hydrogen-bond acceptors (Lipinski definition) is 5. The van der Waals surface area contributed by atoms with Crippen LogP contribution < -0.4 is 10.4 Å². The largest absolute Gasteiger partial charge is 0.530 e. The minimum absolute atomic E-state index is 0.159. The zero-order valence-corrected chi connectivity index (χ0v) is 27.2. The van der Waals surface area contributed by atoms with E-state index in [1.54, 1.807) is 17.3 Å². The fraction of sp³-hybridized carbons (Fsp3) is 0.333. The molecule has 3 aromatic carbocycles. The monoisotopic (exact) mass is 586 g/mol. The van der Waals surface area contributed by atoms with Crippen LogP contribution in [-0.4, -0.2) is 46.6 Å². The van der Waals surface area contributed by atoms with Crippen LogP contribution in [0.15, 0.2) is 108 Å². The first-order valence-corrected chi connectivity index (χ1v) is 19.5. The number of cyclic esters (lactones) is 1. The second-order valence-electron chi connectivity index (χ2n) is 12.4. The lowest BCUT2D eigenvalue weighted by Crippen LogP contribution is -2.67. The Hall–Kier alpha value is -3.47. The van der Waals surface area contributed by atoms with Gasteiger partial charge in [-0.05, 0) is 47.5 Å². The minimum atomic E-state index is -2.76. The summed E-state index contributed by atoms with van der Waals surface area (Å²) in [7, 11) is -4.82. The normalized spacial score (nSPS) is 17.5. The van der Waals surface area contributed by atoms with E-state index in [2.05, 4.69) is 88.9 Å². The summed E-state index contributed by atoms with van der Waals surface area (Å²) in [6.45, 7) is 15.3. The molecule has 1 amide bonds. The molecule has 1 heterocycles. The molecule has 1 aliphatic rings. The molecule has 3 aromatic rings. The number of carbonyl (C=O) groups excluding carboxylic acids is 1. The van der Waals surface area contributed by atoms with Crippen molar-refractivity contribution >= 4 is 39.3 Å². The lowest BCUT2D eigenvalue weighted by atomic mass is 10.1. The molecule has 0 spiro atoms. The molecule has 4 rings (SSSR count). The first-order valence-electron chi connectivity index (χ1n) is 14.1. The van der Waals surface area contributed by atoms with Gasteiger partial charge < -0.3 is 13.6 Å². The number of carbonyl (C=O) groups is 1. The number of amides is 1. The van der Waals surface area contributed by atoms with Crippen LogP contribution in [0, 0.1) is 0 Å². The highest BCUT2D eigenvalue weighted by molar-refractivity contribution is 6.99. The minimum Gasteiger partial charge on any atom is -0.530 e. The maximum atomic E-state index is 12.8. The van der Waals surface area contributed by atoms with E-state index in [4.69, 9.17) is 18.6 Å². The molecule has 0 saturated carbocycles. The van der Waals surface area contributed by atoms with Gasteiger partial charge in [-0.1, -0.05) is 112 Å². The van der Waals surface area contributed by atoms with E-state index in [1.807, 2.05) is 49.4 Å². The number of hydrogen-bond donors (Lipinski definition) is 0. The molecule has 0 N–H and O–H groups in total. The summed E-state index contributed by atoms with van der Waals surface area (Å²) >= 11 is 0. The van der Waals surface area contributed by atoms with Gasteiger partial charge in [0, 0.05) is 6.21 Å². The van der Waals surface area contributed by atoms with Gasteiger partial charge in [0.15, 0.2) is 0 Å². The molecule has 216 valence electrons. The summed E-state index contributed by atoms with van der Waals surface area (Å²) in [4.78, 5) is 19.1. The fourth-order valence-electron chi connectivity index (χ4n) is 5.20. The molecule has 1 fully saturated rings. The Bertz CT molecular complexity index is 1310. The Morgan fingerprint density at radius 3 is 1.93 bits per heavy atom. The molecule has 8 heteroatoms. The lowest BCUT2D eigenvalue weighted by Gasteiger charge is -2.44. The van der Waals surface area contributed by atoms with Crippen molar-refractivity contribution in [1.29, 1.82) is 0 Å². The van der Waals surface area contributed by atoms with Gasteiger partial charge in [0.2, 0.25) is 14.2 Å². The standard InChI is InChI=1S/C33H42N2O4Si2/c1-26(38-41(33(2,3)4,28-19-13-9-14-20-28)29-21-15-10-16-22-29)23-34-31(39-40(5,6)7)24-35-30(25-37-32(35)36)27-17-11-8-12-18-27/h8-24,26,30H,25H2,1-7H3/b31-24-,34-23+/t26-,30+/m0/s1. The SMILES string of the molecule is C[C@@H](/C=N/C(=C/N1C(=O)OC[C@@H]1c1ccccc1)O[Si](C)(C)C)O[Si](c1ccccc1)(c1ccccc1)C(C)(C)C. The highest BCUT2D eigenvalue weighted by Crippen LogP contribution is 2.37. The zero-order valence-electron chi connectivity index (χ0n) is 25.2. The fourth-order valence-corrected chi connectivity index (χ4v) is 10.6. The Kier molecular flexibility index (Phi) is 9.36. The zero-order chi connectivity index (χ0) is 29.7. The third-order valence-electron chi connectivity index (χ3n) is 6.95. The number of nitrogens with zero attached hydrogens (tertiary/aromatic N) is 2. The molecular weight excluding hydrogens is 545 g/mol. The van der Waals surface area contributed by atoms with Crippen molar-refractivity contribution in [2.24, 2.45) is 4.99 Å². The number of aliphatic imine (C=N–C) groups is 1. The highest BCUT2D eigenvalue weighted by Gasteiger charge is 2.51. The van der Waals surface area contributed by atoms with Crippen molar-refractivity contribution in [3.63, 3.8) is 0 Å². The summed E-state index contributed by atoms with van der Waals surface area (Å²) in [5.74, 6) is 0.377. The third kappa shape index (κ3) is 7.25. The molecule has 0 bridgehead atoms. The van der Waals surface area contributed by atoms with Gasteiger partial charge >= 0.3 is 6.09 Å². The predicted octanol–water partition coefficient (Wildman–Crippen LogP) is 6.87. The summed E-state index contributed by atoms with van der Waals surface area (Å²) in [5.41, 5.74) is 0.995. The van der Waals surface area contributed by atoms with Crippen LogP contribution >= 0.6 is 0 Å². The molecule has 0 unspecified atom stereocenters. The highest BCUT2D eigenvalue weighted by atomic mass is 28.4. The molecule has 41 heavy (non-hydrogen) atoms. The van der Waals surface area contributed by atoms with Crippen molar-refractivity contribution in [1.82, 2.24) is 4.90 Å². The summed E-state index contributed by atoms with van der Waals surface area (Å²) in [6, 6.07) is 30.7. The average Bonchev–Trinajstić information content (AvgIpc) is 3.30. The van der Waals surface area contributed by atoms with E-state index in [9.17, 15) is 4.79 Å². The Morgan fingerprint density at radius 2 is 1.44 bits per heavy atom. The van der Waals surface area contributed by atoms with Crippen LogP contribution in [0.3, 0.4) is 0 Å². The van der Waals surface area contributed by atoms with Crippen LogP contribution in [0.2, 0.25) is 24.7 Å². The molecule has 0 aliphatic carbocycles. The molecule has 0 aromatic heterocycles. The first-order chi connectivity index (χ1) is 19.4. The first kappa shape index (κ1) is 30.5. The Balaban J connectivity index is 1.70. The van der Waals surface area contributed by atoms with Crippen LogP contribution in [0.25, 0.3) is 0 Å². The topological polar surface area (TPSA) is 60.4 Å². The van der Waals surface area contributed by atoms with E-state index >= 15 is 0 Å². The lowest BCUT2D eigenvalue weighted by molar-refractivity contribution is 0.165.